The lowest BCUT2D eigenvalue weighted by Gasteiger charge is -2.21. The number of nitriles is 1. The molecule has 1 aromatic rings. The van der Waals surface area contributed by atoms with Crippen molar-refractivity contribution in [2.75, 3.05) is 37.4 Å². The predicted molar refractivity (Wildman–Crippen MR) is 65.3 cm³/mol. The van der Waals surface area contributed by atoms with Crippen LogP contribution in [0.3, 0.4) is 0 Å². The van der Waals surface area contributed by atoms with Crippen LogP contribution >= 0.6 is 0 Å². The van der Waals surface area contributed by atoms with E-state index in [-0.39, 0.29) is 0 Å². The van der Waals surface area contributed by atoms with Crippen molar-refractivity contribution in [2.45, 2.75) is 6.92 Å². The highest BCUT2D eigenvalue weighted by Gasteiger charge is 2.08. The van der Waals surface area contributed by atoms with Crippen molar-refractivity contribution in [3.63, 3.8) is 0 Å². The quantitative estimate of drug-likeness (QED) is 0.603. The van der Waals surface area contributed by atoms with Gasteiger partial charge in [0.15, 0.2) is 0 Å². The van der Waals surface area contributed by atoms with Crippen LogP contribution in [-0.2, 0) is 4.74 Å². The molecule has 0 amide bonds. The lowest BCUT2D eigenvalue weighted by atomic mass is 10.1. The number of nitrogens with two attached hydrogens (primary N) is 1. The molecule has 0 bridgehead atoms. The van der Waals surface area contributed by atoms with Gasteiger partial charge in [-0.2, -0.15) is 5.26 Å². The Morgan fingerprint density at radius 3 is 2.88 bits per heavy atom. The van der Waals surface area contributed by atoms with Crippen LogP contribution in [0.5, 0.6) is 0 Å². The van der Waals surface area contributed by atoms with Crippen molar-refractivity contribution in [2.24, 2.45) is 0 Å². The van der Waals surface area contributed by atoms with Gasteiger partial charge in [-0.05, 0) is 19.1 Å². The van der Waals surface area contributed by atoms with Crippen molar-refractivity contribution in [3.8, 4) is 6.07 Å². The molecular weight excluding hydrogens is 202 g/mol. The van der Waals surface area contributed by atoms with Gasteiger partial charge in [0.2, 0.25) is 0 Å². The average Bonchev–Trinajstić information content (AvgIpc) is 2.29. The molecule has 0 aliphatic carbocycles. The zero-order chi connectivity index (χ0) is 12.0. The maximum Gasteiger partial charge on any atom is 0.101 e. The van der Waals surface area contributed by atoms with Gasteiger partial charge in [-0.1, -0.05) is 6.07 Å². The van der Waals surface area contributed by atoms with Gasteiger partial charge in [0, 0.05) is 20.2 Å². The Hall–Kier alpha value is -1.73. The van der Waals surface area contributed by atoms with Gasteiger partial charge in [0.25, 0.3) is 0 Å². The Labute approximate surface area is 96.2 Å². The minimum atomic E-state index is 0.515. The molecule has 1 aromatic carbocycles. The van der Waals surface area contributed by atoms with Crippen LogP contribution in [0.1, 0.15) is 12.5 Å². The summed E-state index contributed by atoms with van der Waals surface area (Å²) in [7, 11) is 1.94. The Bertz CT molecular complexity index is 384. The van der Waals surface area contributed by atoms with Crippen molar-refractivity contribution < 1.29 is 4.74 Å². The van der Waals surface area contributed by atoms with Gasteiger partial charge in [0.05, 0.1) is 23.5 Å². The molecule has 86 valence electrons. The molecular formula is C12H17N3O. The number of ether oxygens (including phenoxy) is 1. The first-order chi connectivity index (χ1) is 7.70. The Morgan fingerprint density at radius 2 is 2.25 bits per heavy atom. The highest BCUT2D eigenvalue weighted by atomic mass is 16.5. The fraction of sp³-hybridized carbons (Fsp3) is 0.417. The molecule has 0 radical (unpaired) electrons. The third kappa shape index (κ3) is 2.88. The van der Waals surface area contributed by atoms with Crippen LogP contribution in [0, 0.1) is 11.3 Å². The van der Waals surface area contributed by atoms with E-state index in [1.165, 1.54) is 0 Å². The van der Waals surface area contributed by atoms with Crippen molar-refractivity contribution in [3.05, 3.63) is 23.8 Å². The summed E-state index contributed by atoms with van der Waals surface area (Å²) in [6.07, 6.45) is 0. The summed E-state index contributed by atoms with van der Waals surface area (Å²) in [6, 6.07) is 7.53. The number of rotatable bonds is 5. The monoisotopic (exact) mass is 219 g/mol. The molecule has 4 heteroatoms. The van der Waals surface area contributed by atoms with Crippen LogP contribution in [0.4, 0.5) is 11.4 Å². The van der Waals surface area contributed by atoms with Crippen LogP contribution in [0.25, 0.3) is 0 Å². The average molecular weight is 219 g/mol. The van der Waals surface area contributed by atoms with E-state index in [9.17, 15) is 0 Å². The van der Waals surface area contributed by atoms with Crippen LogP contribution in [0.15, 0.2) is 18.2 Å². The number of para-hydroxylation sites is 1. The summed E-state index contributed by atoms with van der Waals surface area (Å²) in [4.78, 5) is 1.99. The van der Waals surface area contributed by atoms with Crippen LogP contribution in [-0.4, -0.2) is 26.8 Å². The van der Waals surface area contributed by atoms with E-state index in [0.717, 1.165) is 12.2 Å². The molecule has 4 nitrogen and oxygen atoms in total. The van der Waals surface area contributed by atoms with Crippen molar-refractivity contribution in [1.29, 1.82) is 5.26 Å². The maximum atomic E-state index is 8.87. The Kier molecular flexibility index (Phi) is 4.62. The molecule has 0 aromatic heterocycles. The number of nitrogens with zero attached hydrogens (tertiary/aromatic N) is 2. The van der Waals surface area contributed by atoms with Crippen LogP contribution < -0.4 is 10.6 Å². The third-order valence-corrected chi connectivity index (χ3v) is 2.39. The molecule has 0 heterocycles. The van der Waals surface area contributed by atoms with Gasteiger partial charge in [-0.15, -0.1) is 0 Å². The number of hydrogen-bond donors (Lipinski definition) is 1. The van der Waals surface area contributed by atoms with E-state index >= 15 is 0 Å². The number of likely N-dealkylation sites (N-methyl/N-ethyl adjacent to an activating group) is 1. The second kappa shape index (κ2) is 5.99. The van der Waals surface area contributed by atoms with Crippen molar-refractivity contribution in [1.82, 2.24) is 0 Å². The highest BCUT2D eigenvalue weighted by Crippen LogP contribution is 2.24. The smallest absolute Gasteiger partial charge is 0.101 e. The summed E-state index contributed by atoms with van der Waals surface area (Å²) >= 11 is 0. The standard InChI is InChI=1S/C12H17N3O/c1-3-16-8-7-15(2)11-6-4-5-10(9-13)12(11)14/h4-6H,3,7-8,14H2,1-2H3. The molecule has 0 unspecified atom stereocenters. The topological polar surface area (TPSA) is 62.3 Å². The van der Waals surface area contributed by atoms with Gasteiger partial charge in [0.1, 0.15) is 6.07 Å². The number of hydrogen-bond acceptors (Lipinski definition) is 4. The summed E-state index contributed by atoms with van der Waals surface area (Å²) in [6.45, 7) is 4.09. The number of nitrogen functional groups attached to an aromatic ring is 1. The Balaban J connectivity index is 2.76. The van der Waals surface area contributed by atoms with Gasteiger partial charge >= 0.3 is 0 Å². The molecule has 0 saturated heterocycles. The highest BCUT2D eigenvalue weighted by molar-refractivity contribution is 5.73. The molecule has 2 N–H and O–H groups in total. The second-order valence-corrected chi connectivity index (χ2v) is 3.47. The van der Waals surface area contributed by atoms with Gasteiger partial charge in [-0.3, -0.25) is 0 Å². The molecule has 0 aliphatic rings. The summed E-state index contributed by atoms with van der Waals surface area (Å²) in [5.41, 5.74) is 7.81. The first-order valence-electron chi connectivity index (χ1n) is 5.28. The van der Waals surface area contributed by atoms with E-state index in [4.69, 9.17) is 15.7 Å². The van der Waals surface area contributed by atoms with E-state index in [1.807, 2.05) is 31.0 Å². The fourth-order valence-electron chi connectivity index (χ4n) is 1.45. The molecule has 1 rings (SSSR count). The van der Waals surface area contributed by atoms with E-state index in [1.54, 1.807) is 6.07 Å². The maximum absolute atomic E-state index is 8.87. The molecule has 16 heavy (non-hydrogen) atoms. The molecule has 0 saturated carbocycles. The zero-order valence-electron chi connectivity index (χ0n) is 9.73. The minimum absolute atomic E-state index is 0.515. The van der Waals surface area contributed by atoms with E-state index in [2.05, 4.69) is 6.07 Å². The first kappa shape index (κ1) is 12.3. The summed E-state index contributed by atoms with van der Waals surface area (Å²) in [5, 5.41) is 8.87. The van der Waals surface area contributed by atoms with Crippen LogP contribution in [0.2, 0.25) is 0 Å². The molecule has 0 fully saturated rings. The summed E-state index contributed by atoms with van der Waals surface area (Å²) < 4.78 is 5.27. The normalized spacial score (nSPS) is 9.81. The molecule has 0 spiro atoms. The summed E-state index contributed by atoms with van der Waals surface area (Å²) in [5.74, 6) is 0. The third-order valence-electron chi connectivity index (χ3n) is 2.39. The molecule has 0 aliphatic heterocycles. The second-order valence-electron chi connectivity index (χ2n) is 3.47. The lowest BCUT2D eigenvalue weighted by Crippen LogP contribution is -2.23. The predicted octanol–water partition coefficient (Wildman–Crippen LogP) is 1.61. The van der Waals surface area contributed by atoms with Gasteiger partial charge < -0.3 is 15.4 Å². The Morgan fingerprint density at radius 1 is 1.50 bits per heavy atom. The largest absolute Gasteiger partial charge is 0.396 e. The number of benzene rings is 1. The SMILES string of the molecule is CCOCCN(C)c1cccc(C#N)c1N. The fourth-order valence-corrected chi connectivity index (χ4v) is 1.45. The lowest BCUT2D eigenvalue weighted by molar-refractivity contribution is 0.154. The van der Waals surface area contributed by atoms with Crippen molar-refractivity contribution >= 4 is 11.4 Å². The first-order valence-corrected chi connectivity index (χ1v) is 5.28. The number of anilines is 2. The minimum Gasteiger partial charge on any atom is -0.396 e. The van der Waals surface area contributed by atoms with Gasteiger partial charge in [-0.25, -0.2) is 0 Å². The molecule has 0 atom stereocenters. The van der Waals surface area contributed by atoms with E-state index in [0.29, 0.717) is 24.5 Å². The van der Waals surface area contributed by atoms with E-state index < -0.39 is 0 Å². The zero-order valence-corrected chi connectivity index (χ0v) is 9.73.